The van der Waals surface area contributed by atoms with Gasteiger partial charge in [0.05, 0.1) is 12.5 Å². The van der Waals surface area contributed by atoms with Crippen molar-refractivity contribution >= 4 is 17.8 Å². The summed E-state index contributed by atoms with van der Waals surface area (Å²) in [7, 11) is 0. The summed E-state index contributed by atoms with van der Waals surface area (Å²) < 4.78 is 0. The van der Waals surface area contributed by atoms with Gasteiger partial charge in [-0.1, -0.05) is 6.92 Å². The third-order valence-corrected chi connectivity index (χ3v) is 5.34. The molecule has 4 heterocycles. The highest BCUT2D eigenvalue weighted by atomic mass is 16.2. The van der Waals surface area contributed by atoms with Gasteiger partial charge in [0.15, 0.2) is 0 Å². The Morgan fingerprint density at radius 3 is 2.96 bits per heavy atom. The minimum Gasteiger partial charge on any atom is -0.368 e. The maximum absolute atomic E-state index is 12.8. The van der Waals surface area contributed by atoms with E-state index in [9.17, 15) is 4.79 Å². The van der Waals surface area contributed by atoms with Crippen LogP contribution in [-0.2, 0) is 6.42 Å². The highest BCUT2D eigenvalue weighted by Crippen LogP contribution is 2.32. The molecular formula is C17H24N8O. The van der Waals surface area contributed by atoms with Crippen molar-refractivity contribution in [3.8, 4) is 0 Å². The molecule has 2 atom stereocenters. The Hall–Kier alpha value is -2.71. The van der Waals surface area contributed by atoms with Gasteiger partial charge < -0.3 is 20.5 Å². The molecule has 2 fully saturated rings. The van der Waals surface area contributed by atoms with Gasteiger partial charge in [-0.05, 0) is 25.2 Å². The third-order valence-electron chi connectivity index (χ3n) is 5.34. The van der Waals surface area contributed by atoms with Crippen LogP contribution in [0.1, 0.15) is 42.5 Å². The number of rotatable bonds is 3. The van der Waals surface area contributed by atoms with Crippen LogP contribution in [0.2, 0.25) is 0 Å². The smallest absolute Gasteiger partial charge is 0.272 e. The van der Waals surface area contributed by atoms with Crippen molar-refractivity contribution in [1.29, 1.82) is 0 Å². The number of fused-ring (bicyclic) bond motifs is 1. The quantitative estimate of drug-likeness (QED) is 0.838. The van der Waals surface area contributed by atoms with Crippen molar-refractivity contribution in [2.75, 3.05) is 30.3 Å². The number of carbonyl (C=O) groups excluding carboxylic acids is 1. The van der Waals surface area contributed by atoms with E-state index >= 15 is 0 Å². The molecular weight excluding hydrogens is 332 g/mol. The summed E-state index contributed by atoms with van der Waals surface area (Å²) in [4.78, 5) is 36.9. The number of hydrogen-bond donors (Lipinski definition) is 2. The largest absolute Gasteiger partial charge is 0.368 e. The lowest BCUT2D eigenvalue weighted by Crippen LogP contribution is -2.56. The van der Waals surface area contributed by atoms with E-state index in [1.807, 2.05) is 11.8 Å². The van der Waals surface area contributed by atoms with Crippen LogP contribution in [0.5, 0.6) is 0 Å². The summed E-state index contributed by atoms with van der Waals surface area (Å²) in [5.41, 5.74) is 6.40. The first-order valence-corrected chi connectivity index (χ1v) is 9.20. The number of imidazole rings is 1. The predicted molar refractivity (Wildman–Crippen MR) is 96.6 cm³/mol. The number of aryl methyl sites for hydroxylation is 1. The van der Waals surface area contributed by atoms with E-state index in [0.29, 0.717) is 23.4 Å². The molecule has 2 aromatic rings. The van der Waals surface area contributed by atoms with Crippen LogP contribution in [-0.4, -0.2) is 61.4 Å². The van der Waals surface area contributed by atoms with Crippen LogP contribution in [0.3, 0.4) is 0 Å². The molecule has 2 unspecified atom stereocenters. The van der Waals surface area contributed by atoms with Crippen molar-refractivity contribution in [2.45, 2.75) is 38.6 Å². The molecule has 9 nitrogen and oxygen atoms in total. The van der Waals surface area contributed by atoms with Crippen LogP contribution in [0.15, 0.2) is 12.5 Å². The Labute approximate surface area is 152 Å². The van der Waals surface area contributed by atoms with E-state index in [2.05, 4.69) is 29.8 Å². The van der Waals surface area contributed by atoms with Gasteiger partial charge in [-0.15, -0.1) is 0 Å². The van der Waals surface area contributed by atoms with Gasteiger partial charge in [-0.25, -0.2) is 4.98 Å². The summed E-state index contributed by atoms with van der Waals surface area (Å²) in [5.74, 6) is 2.10. The van der Waals surface area contributed by atoms with E-state index in [1.165, 1.54) is 0 Å². The van der Waals surface area contributed by atoms with E-state index in [1.54, 1.807) is 12.5 Å². The Kier molecular flexibility index (Phi) is 4.44. The highest BCUT2D eigenvalue weighted by Gasteiger charge is 2.39. The lowest BCUT2D eigenvalue weighted by Gasteiger charge is -2.47. The number of hydrogen-bond acceptors (Lipinski definition) is 7. The molecule has 26 heavy (non-hydrogen) atoms. The second-order valence-corrected chi connectivity index (χ2v) is 6.93. The van der Waals surface area contributed by atoms with Crippen molar-refractivity contribution in [3.63, 3.8) is 0 Å². The molecule has 2 aromatic heterocycles. The Balaban J connectivity index is 1.51. The number of nitrogens with zero attached hydrogens (tertiary/aromatic N) is 6. The number of nitrogens with two attached hydrogens (primary N) is 1. The van der Waals surface area contributed by atoms with E-state index in [-0.39, 0.29) is 17.9 Å². The molecule has 0 spiro atoms. The number of amides is 1. The average Bonchev–Trinajstić information content (AvgIpc) is 3.20. The fourth-order valence-corrected chi connectivity index (χ4v) is 4.09. The van der Waals surface area contributed by atoms with Crippen molar-refractivity contribution in [1.82, 2.24) is 29.8 Å². The van der Waals surface area contributed by atoms with Crippen LogP contribution >= 0.6 is 0 Å². The van der Waals surface area contributed by atoms with Crippen LogP contribution in [0.4, 0.5) is 11.9 Å². The summed E-state index contributed by atoms with van der Waals surface area (Å²) in [6.45, 7) is 4.45. The molecule has 2 saturated heterocycles. The number of aromatic amines is 1. The van der Waals surface area contributed by atoms with Gasteiger partial charge in [0, 0.05) is 32.1 Å². The number of piperidine rings is 2. The normalized spacial score (nSPS) is 23.0. The van der Waals surface area contributed by atoms with Gasteiger partial charge in [0.2, 0.25) is 11.9 Å². The number of nitrogens with one attached hydrogen (secondary N) is 1. The molecule has 2 aliphatic heterocycles. The molecule has 138 valence electrons. The average molecular weight is 356 g/mol. The van der Waals surface area contributed by atoms with E-state index in [0.717, 1.165) is 45.3 Å². The molecule has 3 N–H and O–H groups in total. The van der Waals surface area contributed by atoms with Crippen molar-refractivity contribution < 1.29 is 4.79 Å². The number of H-pyrrole nitrogens is 1. The van der Waals surface area contributed by atoms with E-state index < -0.39 is 0 Å². The lowest BCUT2D eigenvalue weighted by molar-refractivity contribution is 0.0442. The number of aromatic nitrogens is 5. The molecule has 0 aromatic carbocycles. The lowest BCUT2D eigenvalue weighted by atomic mass is 9.83. The first-order chi connectivity index (χ1) is 12.7. The Bertz CT molecular complexity index is 777. The molecule has 2 aliphatic rings. The van der Waals surface area contributed by atoms with Gasteiger partial charge >= 0.3 is 0 Å². The molecule has 0 saturated carbocycles. The molecule has 0 bridgehead atoms. The standard InChI is InChI=1S/C17H24N8O/c1-2-14-21-16(18)23-17(22-14)24-7-5-13-11(9-24)4-3-6-25(13)15(26)12-8-19-10-20-12/h8,10-11,13H,2-7,9H2,1H3,(H,19,20)(H2,18,21,22,23). The second kappa shape index (κ2) is 6.89. The highest BCUT2D eigenvalue weighted by molar-refractivity contribution is 5.92. The molecule has 1 amide bonds. The van der Waals surface area contributed by atoms with Crippen molar-refractivity contribution in [3.05, 3.63) is 24.0 Å². The minimum atomic E-state index is 0.0447. The van der Waals surface area contributed by atoms with E-state index in [4.69, 9.17) is 5.73 Å². The van der Waals surface area contributed by atoms with Gasteiger partial charge in [-0.2, -0.15) is 15.0 Å². The third kappa shape index (κ3) is 3.09. The monoisotopic (exact) mass is 356 g/mol. The number of nitrogen functional groups attached to an aromatic ring is 1. The van der Waals surface area contributed by atoms with Gasteiger partial charge in [0.1, 0.15) is 11.5 Å². The van der Waals surface area contributed by atoms with Crippen LogP contribution in [0.25, 0.3) is 0 Å². The minimum absolute atomic E-state index is 0.0447. The Morgan fingerprint density at radius 2 is 2.19 bits per heavy atom. The van der Waals surface area contributed by atoms with Crippen LogP contribution < -0.4 is 10.6 Å². The molecule has 4 rings (SSSR count). The second-order valence-electron chi connectivity index (χ2n) is 6.93. The summed E-state index contributed by atoms with van der Waals surface area (Å²) in [5, 5.41) is 0. The van der Waals surface area contributed by atoms with Crippen molar-refractivity contribution in [2.24, 2.45) is 5.92 Å². The summed E-state index contributed by atoms with van der Waals surface area (Å²) >= 11 is 0. The van der Waals surface area contributed by atoms with Crippen LogP contribution in [0, 0.1) is 5.92 Å². The topological polar surface area (TPSA) is 117 Å². The number of anilines is 2. The molecule has 0 aliphatic carbocycles. The van der Waals surface area contributed by atoms with Gasteiger partial charge in [0.25, 0.3) is 5.91 Å². The maximum Gasteiger partial charge on any atom is 0.272 e. The zero-order valence-electron chi connectivity index (χ0n) is 14.9. The maximum atomic E-state index is 12.8. The summed E-state index contributed by atoms with van der Waals surface area (Å²) in [6, 6.07) is 0.251. The summed E-state index contributed by atoms with van der Waals surface area (Å²) in [6.07, 6.45) is 6.89. The SMILES string of the molecule is CCc1nc(N)nc(N2CCC3C(CCCN3C(=O)c3cnc[nH]3)C2)n1. The zero-order valence-corrected chi connectivity index (χ0v) is 14.9. The fraction of sp³-hybridized carbons (Fsp3) is 0.588. The first-order valence-electron chi connectivity index (χ1n) is 9.20. The predicted octanol–water partition coefficient (Wildman–Crippen LogP) is 0.870. The zero-order chi connectivity index (χ0) is 18.1. The van der Waals surface area contributed by atoms with Gasteiger partial charge in [-0.3, -0.25) is 4.79 Å². The Morgan fingerprint density at radius 1 is 1.31 bits per heavy atom. The first kappa shape index (κ1) is 16.7. The molecule has 0 radical (unpaired) electrons. The fourth-order valence-electron chi connectivity index (χ4n) is 4.09. The number of likely N-dealkylation sites (tertiary alicyclic amines) is 1. The number of carbonyl (C=O) groups is 1. The molecule has 9 heteroatoms.